The van der Waals surface area contributed by atoms with Gasteiger partial charge in [0.05, 0.1) is 0 Å². The molecule has 0 aliphatic carbocycles. The molecule has 0 saturated carbocycles. The van der Waals surface area contributed by atoms with Crippen LogP contribution in [0.1, 0.15) is 19.8 Å². The van der Waals surface area contributed by atoms with E-state index >= 15 is 0 Å². The molecule has 0 aromatic heterocycles. The largest absolute Gasteiger partial charge is 0.318 e. The third-order valence-electron chi connectivity index (χ3n) is 2.65. The first-order valence-electron chi connectivity index (χ1n) is 5.61. The molecule has 0 fully saturated rings. The predicted molar refractivity (Wildman–Crippen MR) is 63.8 cm³/mol. The summed E-state index contributed by atoms with van der Waals surface area (Å²) in [4.78, 5) is 4.70. The highest BCUT2D eigenvalue weighted by Gasteiger charge is 2.10. The Morgan fingerprint density at radius 2 is 1.79 bits per heavy atom. The molecule has 86 valence electrons. The molecule has 0 aliphatic heterocycles. The molecule has 14 heavy (non-hydrogen) atoms. The molecule has 1 unspecified atom stereocenters. The van der Waals surface area contributed by atoms with E-state index in [4.69, 9.17) is 0 Å². The zero-order valence-electron chi connectivity index (χ0n) is 10.5. The molecule has 0 saturated heterocycles. The average molecular weight is 201 g/mol. The van der Waals surface area contributed by atoms with Crippen molar-refractivity contribution in [1.82, 2.24) is 15.1 Å². The van der Waals surface area contributed by atoms with Crippen LogP contribution in [0.4, 0.5) is 0 Å². The summed E-state index contributed by atoms with van der Waals surface area (Å²) < 4.78 is 0. The molecule has 0 heterocycles. The van der Waals surface area contributed by atoms with Crippen LogP contribution in [0.5, 0.6) is 0 Å². The Labute approximate surface area is 89.5 Å². The maximum atomic E-state index is 3.25. The molecule has 0 aliphatic rings. The van der Waals surface area contributed by atoms with E-state index in [0.717, 1.165) is 6.54 Å². The van der Waals surface area contributed by atoms with E-state index in [-0.39, 0.29) is 0 Å². The number of likely N-dealkylation sites (N-methyl/N-ethyl adjacent to an activating group) is 2. The average Bonchev–Trinajstić information content (AvgIpc) is 2.13. The molecule has 0 amide bonds. The van der Waals surface area contributed by atoms with Gasteiger partial charge in [-0.2, -0.15) is 0 Å². The highest BCUT2D eigenvalue weighted by atomic mass is 15.1. The second-order valence-corrected chi connectivity index (χ2v) is 4.26. The molecule has 1 N–H and O–H groups in total. The highest BCUT2D eigenvalue weighted by Crippen LogP contribution is 2.01. The molecule has 3 nitrogen and oxygen atoms in total. The van der Waals surface area contributed by atoms with Gasteiger partial charge in [-0.15, -0.1) is 0 Å². The summed E-state index contributed by atoms with van der Waals surface area (Å²) in [5, 5.41) is 3.25. The van der Waals surface area contributed by atoms with Crippen molar-refractivity contribution in [3.8, 4) is 0 Å². The van der Waals surface area contributed by atoms with Gasteiger partial charge in [0.2, 0.25) is 0 Å². The molecule has 0 rings (SSSR count). The quantitative estimate of drug-likeness (QED) is 0.628. The van der Waals surface area contributed by atoms with Gasteiger partial charge in [-0.25, -0.2) is 0 Å². The Morgan fingerprint density at radius 3 is 2.21 bits per heavy atom. The monoisotopic (exact) mass is 201 g/mol. The number of hydrogen-bond donors (Lipinski definition) is 1. The van der Waals surface area contributed by atoms with Gasteiger partial charge in [-0.3, -0.25) is 0 Å². The van der Waals surface area contributed by atoms with Gasteiger partial charge in [-0.05, 0) is 54.1 Å². The van der Waals surface area contributed by atoms with Gasteiger partial charge >= 0.3 is 0 Å². The van der Waals surface area contributed by atoms with Crippen LogP contribution in [0.2, 0.25) is 0 Å². The van der Waals surface area contributed by atoms with Crippen LogP contribution < -0.4 is 5.32 Å². The summed E-state index contributed by atoms with van der Waals surface area (Å²) in [7, 11) is 8.51. The van der Waals surface area contributed by atoms with Crippen molar-refractivity contribution in [1.29, 1.82) is 0 Å². The van der Waals surface area contributed by atoms with Crippen LogP contribution in [0.3, 0.4) is 0 Å². The Kier molecular flexibility index (Phi) is 8.14. The summed E-state index contributed by atoms with van der Waals surface area (Å²) in [5.74, 6) is 0. The Hall–Kier alpha value is -0.120. The fraction of sp³-hybridized carbons (Fsp3) is 1.00. The lowest BCUT2D eigenvalue weighted by molar-refractivity contribution is 0.220. The third kappa shape index (κ3) is 6.35. The van der Waals surface area contributed by atoms with Gasteiger partial charge in [-0.1, -0.05) is 6.92 Å². The summed E-state index contributed by atoms with van der Waals surface area (Å²) in [6.45, 7) is 5.72. The molecule has 0 radical (unpaired) electrons. The van der Waals surface area contributed by atoms with E-state index in [2.05, 4.69) is 43.2 Å². The van der Waals surface area contributed by atoms with Crippen LogP contribution in [0.15, 0.2) is 0 Å². The van der Waals surface area contributed by atoms with Crippen LogP contribution in [0.25, 0.3) is 0 Å². The Morgan fingerprint density at radius 1 is 1.14 bits per heavy atom. The first kappa shape index (κ1) is 13.9. The highest BCUT2D eigenvalue weighted by molar-refractivity contribution is 4.69. The maximum absolute atomic E-state index is 3.25. The molecule has 0 aromatic rings. The van der Waals surface area contributed by atoms with E-state index < -0.39 is 0 Å². The molecular formula is C11H27N3. The molecule has 1 atom stereocenters. The van der Waals surface area contributed by atoms with Crippen molar-refractivity contribution < 1.29 is 0 Å². The molecule has 0 bridgehead atoms. The van der Waals surface area contributed by atoms with E-state index in [0.29, 0.717) is 6.04 Å². The normalized spacial score (nSPS) is 13.9. The standard InChI is InChI=1S/C11H27N3/c1-6-11(10-12-2)14(5)9-7-8-13(3)4/h11-12H,6-10H2,1-5H3. The predicted octanol–water partition coefficient (Wildman–Crippen LogP) is 0.868. The third-order valence-corrected chi connectivity index (χ3v) is 2.65. The minimum atomic E-state index is 0.683. The van der Waals surface area contributed by atoms with Crippen molar-refractivity contribution >= 4 is 0 Å². The van der Waals surface area contributed by atoms with Crippen molar-refractivity contribution in [3.05, 3.63) is 0 Å². The minimum absolute atomic E-state index is 0.683. The van der Waals surface area contributed by atoms with E-state index in [9.17, 15) is 0 Å². The molecular weight excluding hydrogens is 174 g/mol. The van der Waals surface area contributed by atoms with Gasteiger partial charge in [0, 0.05) is 12.6 Å². The first-order chi connectivity index (χ1) is 6.61. The van der Waals surface area contributed by atoms with E-state index in [1.165, 1.54) is 25.9 Å². The fourth-order valence-corrected chi connectivity index (χ4v) is 1.67. The fourth-order valence-electron chi connectivity index (χ4n) is 1.67. The number of nitrogens with one attached hydrogen (secondary N) is 1. The summed E-state index contributed by atoms with van der Waals surface area (Å²) in [6, 6.07) is 0.683. The SMILES string of the molecule is CCC(CNC)N(C)CCCN(C)C. The van der Waals surface area contributed by atoms with Gasteiger partial charge in [0.25, 0.3) is 0 Å². The van der Waals surface area contributed by atoms with Gasteiger partial charge in [0.1, 0.15) is 0 Å². The first-order valence-corrected chi connectivity index (χ1v) is 5.61. The number of nitrogens with zero attached hydrogens (tertiary/aromatic N) is 2. The Balaban J connectivity index is 3.63. The topological polar surface area (TPSA) is 18.5 Å². The summed E-state index contributed by atoms with van der Waals surface area (Å²) >= 11 is 0. The maximum Gasteiger partial charge on any atom is 0.0214 e. The van der Waals surface area contributed by atoms with Crippen molar-refractivity contribution in [2.24, 2.45) is 0 Å². The minimum Gasteiger partial charge on any atom is -0.318 e. The second-order valence-electron chi connectivity index (χ2n) is 4.26. The van der Waals surface area contributed by atoms with Gasteiger partial charge in [0.15, 0.2) is 0 Å². The van der Waals surface area contributed by atoms with Crippen molar-refractivity contribution in [2.75, 3.05) is 47.8 Å². The Bertz CT molecular complexity index is 126. The van der Waals surface area contributed by atoms with Gasteiger partial charge < -0.3 is 15.1 Å². The van der Waals surface area contributed by atoms with Crippen LogP contribution in [-0.2, 0) is 0 Å². The lowest BCUT2D eigenvalue weighted by atomic mass is 10.2. The zero-order valence-corrected chi connectivity index (χ0v) is 10.5. The van der Waals surface area contributed by atoms with Crippen molar-refractivity contribution in [2.45, 2.75) is 25.8 Å². The summed E-state index contributed by atoms with van der Waals surface area (Å²) in [6.07, 6.45) is 2.48. The van der Waals surface area contributed by atoms with Crippen LogP contribution >= 0.6 is 0 Å². The lowest BCUT2D eigenvalue weighted by Crippen LogP contribution is -2.39. The van der Waals surface area contributed by atoms with E-state index in [1.807, 2.05) is 7.05 Å². The number of hydrogen-bond acceptors (Lipinski definition) is 3. The van der Waals surface area contributed by atoms with Crippen LogP contribution in [0, 0.1) is 0 Å². The molecule has 0 aromatic carbocycles. The smallest absolute Gasteiger partial charge is 0.0214 e. The van der Waals surface area contributed by atoms with Crippen molar-refractivity contribution in [3.63, 3.8) is 0 Å². The summed E-state index contributed by atoms with van der Waals surface area (Å²) in [5.41, 5.74) is 0. The second kappa shape index (κ2) is 8.21. The van der Waals surface area contributed by atoms with E-state index in [1.54, 1.807) is 0 Å². The molecule has 0 spiro atoms. The molecule has 3 heteroatoms. The number of rotatable bonds is 8. The lowest BCUT2D eigenvalue weighted by Gasteiger charge is -2.27. The van der Waals surface area contributed by atoms with Crippen LogP contribution in [-0.4, -0.2) is 63.7 Å². The zero-order chi connectivity index (χ0) is 11.0.